The van der Waals surface area contributed by atoms with E-state index in [2.05, 4.69) is 25.1 Å². The number of nitrogens with two attached hydrogens (primary N) is 1. The van der Waals surface area contributed by atoms with Crippen LogP contribution in [0.2, 0.25) is 0 Å². The number of carbonyl (C=O) groups is 1. The molecule has 0 spiro atoms. The fraction of sp³-hybridized carbons (Fsp3) is 0.389. The van der Waals surface area contributed by atoms with Gasteiger partial charge in [-0.2, -0.15) is 0 Å². The number of benzene rings is 1. The van der Waals surface area contributed by atoms with Crippen molar-refractivity contribution >= 4 is 35.3 Å². The van der Waals surface area contributed by atoms with Gasteiger partial charge in [0.15, 0.2) is 0 Å². The molecule has 8 nitrogen and oxygen atoms in total. The number of anilines is 3. The number of piperazine rings is 1. The summed E-state index contributed by atoms with van der Waals surface area (Å²) in [5.41, 5.74) is 7.38. The molecule has 1 aromatic carbocycles. The Balaban J connectivity index is 1.23. The van der Waals surface area contributed by atoms with Gasteiger partial charge >= 0.3 is 6.03 Å². The first-order valence-corrected chi connectivity index (χ1v) is 9.87. The van der Waals surface area contributed by atoms with E-state index >= 15 is 0 Å². The Morgan fingerprint density at radius 2 is 1.89 bits per heavy atom. The summed E-state index contributed by atoms with van der Waals surface area (Å²) in [6.07, 6.45) is 4.49. The summed E-state index contributed by atoms with van der Waals surface area (Å²) in [6.45, 7) is 5.49. The molecule has 1 aromatic heterocycles. The number of nitrogens with one attached hydrogen (secondary N) is 1. The lowest BCUT2D eigenvalue weighted by Crippen LogP contribution is -2.47. The van der Waals surface area contributed by atoms with E-state index in [-0.39, 0.29) is 6.03 Å². The molecule has 1 fully saturated rings. The van der Waals surface area contributed by atoms with Crippen LogP contribution in [0.3, 0.4) is 0 Å². The van der Waals surface area contributed by atoms with E-state index < -0.39 is 0 Å². The third-order valence-corrected chi connectivity index (χ3v) is 5.83. The molecule has 0 saturated carbocycles. The van der Waals surface area contributed by atoms with Crippen molar-refractivity contribution in [1.29, 1.82) is 0 Å². The lowest BCUT2D eigenvalue weighted by Gasteiger charge is -2.35. The lowest BCUT2D eigenvalue weighted by molar-refractivity contribution is 0.228. The van der Waals surface area contributed by atoms with Gasteiger partial charge in [-0.15, -0.1) is 0 Å². The van der Waals surface area contributed by atoms with Crippen molar-refractivity contribution in [2.75, 3.05) is 55.2 Å². The van der Waals surface area contributed by atoms with Crippen LogP contribution in [-0.4, -0.2) is 64.5 Å². The van der Waals surface area contributed by atoms with Gasteiger partial charge in [0.25, 0.3) is 0 Å². The summed E-state index contributed by atoms with van der Waals surface area (Å²) in [6, 6.07) is 7.32. The number of hydrogen-bond donors (Lipinski definition) is 2. The Bertz CT molecular complexity index is 796. The molecule has 0 unspecified atom stereocenters. The van der Waals surface area contributed by atoms with Crippen molar-refractivity contribution in [2.45, 2.75) is 11.3 Å². The van der Waals surface area contributed by atoms with Crippen LogP contribution in [0.4, 0.5) is 22.1 Å². The Hall–Kier alpha value is -2.52. The van der Waals surface area contributed by atoms with Gasteiger partial charge in [0.05, 0.1) is 10.6 Å². The minimum Gasteiger partial charge on any atom is -0.399 e. The number of nitrogen functional groups attached to an aromatic ring is 1. The molecular formula is C18H23N7OS. The number of fused-ring (bicyclic) bond motifs is 1. The highest BCUT2D eigenvalue weighted by Crippen LogP contribution is 2.36. The Morgan fingerprint density at radius 3 is 2.67 bits per heavy atom. The number of rotatable bonds is 5. The van der Waals surface area contributed by atoms with Gasteiger partial charge < -0.3 is 16.0 Å². The highest BCUT2D eigenvalue weighted by Gasteiger charge is 2.24. The monoisotopic (exact) mass is 385 g/mol. The molecule has 2 amide bonds. The second-order valence-corrected chi connectivity index (χ2v) is 7.67. The maximum Gasteiger partial charge on any atom is 0.332 e. The van der Waals surface area contributed by atoms with Crippen molar-refractivity contribution in [3.05, 3.63) is 36.7 Å². The lowest BCUT2D eigenvalue weighted by atomic mass is 10.3. The van der Waals surface area contributed by atoms with Crippen molar-refractivity contribution < 1.29 is 4.79 Å². The van der Waals surface area contributed by atoms with Gasteiger partial charge in [-0.05, 0) is 42.6 Å². The molecule has 142 valence electrons. The summed E-state index contributed by atoms with van der Waals surface area (Å²) in [4.78, 5) is 26.5. The predicted octanol–water partition coefficient (Wildman–Crippen LogP) is 2.13. The molecule has 0 aliphatic carbocycles. The largest absolute Gasteiger partial charge is 0.399 e. The van der Waals surface area contributed by atoms with E-state index in [9.17, 15) is 4.79 Å². The van der Waals surface area contributed by atoms with Crippen molar-refractivity contribution in [3.8, 4) is 0 Å². The van der Waals surface area contributed by atoms with Gasteiger partial charge in [0.1, 0.15) is 0 Å². The van der Waals surface area contributed by atoms with Crippen LogP contribution in [0.1, 0.15) is 6.42 Å². The molecule has 0 bridgehead atoms. The number of carbonyl (C=O) groups excluding carboxylic acids is 1. The minimum atomic E-state index is -0.0664. The first-order valence-electron chi connectivity index (χ1n) is 9.09. The molecule has 3 heterocycles. The maximum absolute atomic E-state index is 12.3. The summed E-state index contributed by atoms with van der Waals surface area (Å²) in [5.74, 6) is 0.802. The number of aromatic nitrogens is 2. The van der Waals surface area contributed by atoms with Crippen LogP contribution >= 0.6 is 11.9 Å². The van der Waals surface area contributed by atoms with Crippen LogP contribution in [0.15, 0.2) is 41.6 Å². The topological polar surface area (TPSA) is 90.6 Å². The van der Waals surface area contributed by atoms with E-state index in [0.717, 1.165) is 55.7 Å². The average Bonchev–Trinajstić information content (AvgIpc) is 2.70. The molecule has 2 aromatic rings. The molecule has 0 radical (unpaired) electrons. The number of nitrogens with zero attached hydrogens (tertiary/aromatic N) is 5. The number of hydrogen-bond acceptors (Lipinski definition) is 7. The molecular weight excluding hydrogens is 362 g/mol. The fourth-order valence-corrected chi connectivity index (χ4v) is 4.26. The Morgan fingerprint density at radius 1 is 1.11 bits per heavy atom. The first kappa shape index (κ1) is 17.9. The average molecular weight is 385 g/mol. The van der Waals surface area contributed by atoms with E-state index in [1.165, 1.54) is 11.9 Å². The Kier molecular flexibility index (Phi) is 5.30. The second-order valence-electron chi connectivity index (χ2n) is 6.61. The third kappa shape index (κ3) is 4.25. The zero-order valence-corrected chi connectivity index (χ0v) is 15.9. The van der Waals surface area contributed by atoms with Gasteiger partial charge in [-0.1, -0.05) is 0 Å². The quantitative estimate of drug-likeness (QED) is 0.602. The van der Waals surface area contributed by atoms with Gasteiger partial charge in [0.2, 0.25) is 5.95 Å². The molecule has 3 N–H and O–H groups in total. The number of amides is 2. The first-order chi connectivity index (χ1) is 13.2. The van der Waals surface area contributed by atoms with Gasteiger partial charge in [0, 0.05) is 57.3 Å². The molecule has 4 rings (SSSR count). The second kappa shape index (κ2) is 8.01. The summed E-state index contributed by atoms with van der Waals surface area (Å²) in [7, 11) is 0. The molecule has 2 aliphatic heterocycles. The van der Waals surface area contributed by atoms with Crippen LogP contribution in [0.25, 0.3) is 0 Å². The van der Waals surface area contributed by atoms with Crippen LogP contribution < -0.4 is 16.0 Å². The molecule has 0 atom stereocenters. The SMILES string of the molecule is Nc1ccc2c(c1)SN(CCCN1CCN(c3ncccn3)CC1)C(=O)N2. The van der Waals surface area contributed by atoms with E-state index in [1.54, 1.807) is 22.8 Å². The molecule has 27 heavy (non-hydrogen) atoms. The fourth-order valence-electron chi connectivity index (χ4n) is 3.27. The van der Waals surface area contributed by atoms with Crippen LogP contribution in [0, 0.1) is 0 Å². The molecule has 2 aliphatic rings. The van der Waals surface area contributed by atoms with E-state index in [4.69, 9.17) is 5.73 Å². The molecule has 9 heteroatoms. The summed E-state index contributed by atoms with van der Waals surface area (Å²) in [5, 5.41) is 2.93. The van der Waals surface area contributed by atoms with Crippen molar-refractivity contribution in [2.24, 2.45) is 0 Å². The third-order valence-electron chi connectivity index (χ3n) is 4.73. The van der Waals surface area contributed by atoms with Crippen LogP contribution in [-0.2, 0) is 0 Å². The highest BCUT2D eigenvalue weighted by atomic mass is 32.2. The summed E-state index contributed by atoms with van der Waals surface area (Å²) >= 11 is 1.46. The Labute approximate surface area is 162 Å². The minimum absolute atomic E-state index is 0.0664. The van der Waals surface area contributed by atoms with Gasteiger partial charge in [-0.3, -0.25) is 9.21 Å². The maximum atomic E-state index is 12.3. The van der Waals surface area contributed by atoms with Crippen molar-refractivity contribution in [3.63, 3.8) is 0 Å². The van der Waals surface area contributed by atoms with Crippen LogP contribution in [0.5, 0.6) is 0 Å². The van der Waals surface area contributed by atoms with Gasteiger partial charge in [-0.25, -0.2) is 14.8 Å². The normalized spacial score (nSPS) is 17.6. The van der Waals surface area contributed by atoms with Crippen molar-refractivity contribution in [1.82, 2.24) is 19.2 Å². The highest BCUT2D eigenvalue weighted by molar-refractivity contribution is 7.97. The standard InChI is InChI=1S/C18H23N7OS/c19-14-3-4-15-16(13-14)27-25(18(26)22-15)8-2-7-23-9-11-24(12-10-23)17-20-5-1-6-21-17/h1,3-6,13H,2,7-12,19H2,(H,22,26). The molecule has 1 saturated heterocycles. The zero-order chi connectivity index (χ0) is 18.6. The van der Waals surface area contributed by atoms with E-state index in [0.29, 0.717) is 12.2 Å². The predicted molar refractivity (Wildman–Crippen MR) is 108 cm³/mol. The summed E-state index contributed by atoms with van der Waals surface area (Å²) < 4.78 is 1.77. The smallest absolute Gasteiger partial charge is 0.332 e. The number of urea groups is 1. The van der Waals surface area contributed by atoms with E-state index in [1.807, 2.05) is 18.2 Å². The zero-order valence-electron chi connectivity index (χ0n) is 15.0.